The molecule has 2 fully saturated rings. The summed E-state index contributed by atoms with van der Waals surface area (Å²) in [5.74, 6) is 1.74. The molecular formula is C21H33IN4O2S. The Kier molecular flexibility index (Phi) is 9.88. The highest BCUT2D eigenvalue weighted by molar-refractivity contribution is 14.0. The molecule has 2 N–H and O–H groups in total. The fraction of sp³-hybridized carbons (Fsp3) is 0.619. The highest BCUT2D eigenvalue weighted by atomic mass is 127. The van der Waals surface area contributed by atoms with E-state index in [1.54, 1.807) is 7.05 Å². The Hall–Kier alpha value is -1.16. The molecular weight excluding hydrogens is 499 g/mol. The zero-order valence-electron chi connectivity index (χ0n) is 17.4. The van der Waals surface area contributed by atoms with Gasteiger partial charge in [0.15, 0.2) is 5.96 Å². The summed E-state index contributed by atoms with van der Waals surface area (Å²) < 4.78 is 12.1. The van der Waals surface area contributed by atoms with Gasteiger partial charge in [0, 0.05) is 60.1 Å². The number of carbonyl (C=O) groups is 1. The molecule has 1 aliphatic carbocycles. The number of carbonyl (C=O) groups excluding carboxylic acids is 1. The molecule has 0 bridgehead atoms. The number of amides is 1. The van der Waals surface area contributed by atoms with E-state index in [1.165, 1.54) is 0 Å². The van der Waals surface area contributed by atoms with Gasteiger partial charge < -0.3 is 15.5 Å². The van der Waals surface area contributed by atoms with Crippen LogP contribution in [0.4, 0.5) is 5.69 Å². The van der Waals surface area contributed by atoms with E-state index in [2.05, 4.69) is 27.8 Å². The topological polar surface area (TPSA) is 73.8 Å². The van der Waals surface area contributed by atoms with Crippen LogP contribution in [-0.4, -0.2) is 46.7 Å². The van der Waals surface area contributed by atoms with E-state index >= 15 is 0 Å². The first kappa shape index (κ1) is 24.1. The van der Waals surface area contributed by atoms with Crippen molar-refractivity contribution in [3.8, 4) is 0 Å². The van der Waals surface area contributed by atoms with Crippen molar-refractivity contribution in [1.29, 1.82) is 0 Å². The van der Waals surface area contributed by atoms with Gasteiger partial charge >= 0.3 is 0 Å². The standard InChI is InChI=1S/C21H32N4O2S.HI/c1-3-28(27)19-7-4-6-17(14-19)24-21(22-2)23-15-16-9-11-18(12-10-16)25-13-5-8-20(25)26;/h9-12,17,19H,3-8,13-15H2,1-2H3,(H2,22,23,24);1H. The van der Waals surface area contributed by atoms with Gasteiger partial charge in [-0.3, -0.25) is 14.0 Å². The molecule has 1 saturated carbocycles. The van der Waals surface area contributed by atoms with E-state index in [1.807, 2.05) is 24.0 Å². The van der Waals surface area contributed by atoms with Crippen LogP contribution in [0.2, 0.25) is 0 Å². The van der Waals surface area contributed by atoms with Gasteiger partial charge in [-0.2, -0.15) is 0 Å². The molecule has 0 radical (unpaired) electrons. The van der Waals surface area contributed by atoms with Crippen molar-refractivity contribution in [3.05, 3.63) is 29.8 Å². The smallest absolute Gasteiger partial charge is 0.227 e. The van der Waals surface area contributed by atoms with Gasteiger partial charge in [0.25, 0.3) is 0 Å². The Morgan fingerprint density at radius 1 is 1.24 bits per heavy atom. The van der Waals surface area contributed by atoms with Crippen molar-refractivity contribution >= 4 is 52.3 Å². The second-order valence-electron chi connectivity index (χ2n) is 7.54. The molecule has 1 heterocycles. The monoisotopic (exact) mass is 532 g/mol. The van der Waals surface area contributed by atoms with Crippen molar-refractivity contribution in [3.63, 3.8) is 0 Å². The Morgan fingerprint density at radius 3 is 2.62 bits per heavy atom. The third-order valence-corrected chi connectivity index (χ3v) is 7.37. The average Bonchev–Trinajstić information content (AvgIpc) is 3.17. The Balaban J connectivity index is 0.00000300. The molecule has 1 amide bonds. The zero-order valence-corrected chi connectivity index (χ0v) is 20.5. The lowest BCUT2D eigenvalue weighted by atomic mass is 9.95. The minimum Gasteiger partial charge on any atom is -0.354 e. The summed E-state index contributed by atoms with van der Waals surface area (Å²) in [4.78, 5) is 18.1. The molecule has 1 aromatic carbocycles. The third kappa shape index (κ3) is 6.67. The third-order valence-electron chi connectivity index (χ3n) is 5.63. The van der Waals surface area contributed by atoms with Crippen molar-refractivity contribution in [2.45, 2.75) is 63.3 Å². The number of guanidine groups is 1. The van der Waals surface area contributed by atoms with Gasteiger partial charge in [0.2, 0.25) is 5.91 Å². The molecule has 1 aromatic rings. The fourth-order valence-corrected chi connectivity index (χ4v) is 5.39. The van der Waals surface area contributed by atoms with Gasteiger partial charge in [-0.25, -0.2) is 0 Å². The molecule has 0 aromatic heterocycles. The number of benzene rings is 1. The predicted molar refractivity (Wildman–Crippen MR) is 132 cm³/mol. The van der Waals surface area contributed by atoms with E-state index in [9.17, 15) is 9.00 Å². The number of hydrogen-bond donors (Lipinski definition) is 2. The average molecular weight is 532 g/mol. The molecule has 1 aliphatic heterocycles. The van der Waals surface area contributed by atoms with Gasteiger partial charge in [-0.1, -0.05) is 25.5 Å². The van der Waals surface area contributed by atoms with Gasteiger partial charge in [-0.05, 0) is 43.4 Å². The maximum atomic E-state index is 12.1. The number of hydrogen-bond acceptors (Lipinski definition) is 3. The van der Waals surface area contributed by atoms with Crippen LogP contribution in [0.15, 0.2) is 29.3 Å². The Bertz CT molecular complexity index is 726. The van der Waals surface area contributed by atoms with E-state index in [0.29, 0.717) is 24.3 Å². The summed E-state index contributed by atoms with van der Waals surface area (Å²) in [5.41, 5.74) is 2.12. The maximum Gasteiger partial charge on any atom is 0.227 e. The van der Waals surface area contributed by atoms with Crippen molar-refractivity contribution < 1.29 is 9.00 Å². The largest absolute Gasteiger partial charge is 0.354 e. The number of nitrogens with zero attached hydrogens (tertiary/aromatic N) is 2. The van der Waals surface area contributed by atoms with E-state index in [-0.39, 0.29) is 29.9 Å². The minimum absolute atomic E-state index is 0. The van der Waals surface area contributed by atoms with E-state index in [0.717, 1.165) is 61.6 Å². The normalized spacial score (nSPS) is 23.4. The molecule has 3 unspecified atom stereocenters. The molecule has 6 nitrogen and oxygen atoms in total. The molecule has 3 rings (SSSR count). The highest BCUT2D eigenvalue weighted by Crippen LogP contribution is 2.23. The lowest BCUT2D eigenvalue weighted by Crippen LogP contribution is -2.46. The first-order valence-corrected chi connectivity index (χ1v) is 11.7. The number of aliphatic imine (C=N–C) groups is 1. The summed E-state index contributed by atoms with van der Waals surface area (Å²) in [5, 5.41) is 7.17. The molecule has 1 saturated heterocycles. The molecule has 8 heteroatoms. The van der Waals surface area contributed by atoms with E-state index in [4.69, 9.17) is 0 Å². The fourth-order valence-electron chi connectivity index (χ4n) is 4.04. The first-order chi connectivity index (χ1) is 13.6. The van der Waals surface area contributed by atoms with Gasteiger partial charge in [0.1, 0.15) is 0 Å². The maximum absolute atomic E-state index is 12.1. The molecule has 2 aliphatic rings. The van der Waals surface area contributed by atoms with Crippen molar-refractivity contribution in [2.24, 2.45) is 4.99 Å². The summed E-state index contributed by atoms with van der Waals surface area (Å²) in [7, 11) is 1.06. The van der Waals surface area contributed by atoms with E-state index < -0.39 is 10.8 Å². The predicted octanol–water partition coefficient (Wildman–Crippen LogP) is 3.18. The number of rotatable bonds is 6. The lowest BCUT2D eigenvalue weighted by molar-refractivity contribution is -0.117. The lowest BCUT2D eigenvalue weighted by Gasteiger charge is -2.30. The van der Waals surface area contributed by atoms with Crippen molar-refractivity contribution in [1.82, 2.24) is 10.6 Å². The van der Waals surface area contributed by atoms with Crippen LogP contribution in [0.3, 0.4) is 0 Å². The first-order valence-electron chi connectivity index (χ1n) is 10.3. The minimum atomic E-state index is -0.719. The molecule has 0 spiro atoms. The van der Waals surface area contributed by atoms with Crippen LogP contribution in [0, 0.1) is 0 Å². The van der Waals surface area contributed by atoms with Crippen LogP contribution >= 0.6 is 24.0 Å². The summed E-state index contributed by atoms with van der Waals surface area (Å²) in [6.07, 6.45) is 5.81. The second-order valence-corrected chi connectivity index (χ2v) is 9.55. The molecule has 29 heavy (non-hydrogen) atoms. The summed E-state index contributed by atoms with van der Waals surface area (Å²) >= 11 is 0. The number of anilines is 1. The van der Waals surface area contributed by atoms with Crippen LogP contribution in [-0.2, 0) is 22.1 Å². The Morgan fingerprint density at radius 2 is 2.00 bits per heavy atom. The van der Waals surface area contributed by atoms with Crippen LogP contribution in [0.25, 0.3) is 0 Å². The van der Waals surface area contributed by atoms with Gasteiger partial charge in [0.05, 0.1) is 0 Å². The SMILES string of the molecule is CCS(=O)C1CCCC(NC(=NC)NCc2ccc(N3CCCC3=O)cc2)C1.I. The quantitative estimate of drug-likeness (QED) is 0.336. The molecule has 162 valence electrons. The van der Waals surface area contributed by atoms with Crippen molar-refractivity contribution in [2.75, 3.05) is 24.2 Å². The van der Waals surface area contributed by atoms with Crippen LogP contribution < -0.4 is 15.5 Å². The molecule has 3 atom stereocenters. The van der Waals surface area contributed by atoms with Gasteiger partial charge in [-0.15, -0.1) is 24.0 Å². The number of nitrogens with one attached hydrogen (secondary N) is 2. The Labute approximate surface area is 193 Å². The number of halogens is 1. The zero-order chi connectivity index (χ0) is 19.9. The summed E-state index contributed by atoms with van der Waals surface area (Å²) in [6.45, 7) is 3.49. The van der Waals surface area contributed by atoms with Crippen LogP contribution in [0.5, 0.6) is 0 Å². The van der Waals surface area contributed by atoms with Crippen LogP contribution in [0.1, 0.15) is 51.0 Å². The summed E-state index contributed by atoms with van der Waals surface area (Å²) in [6, 6.07) is 8.47. The highest BCUT2D eigenvalue weighted by Gasteiger charge is 2.26. The second kappa shape index (κ2) is 11.9.